The Kier molecular flexibility index (Phi) is 3.29. The van der Waals surface area contributed by atoms with E-state index >= 15 is 0 Å². The van der Waals surface area contributed by atoms with E-state index in [2.05, 4.69) is 15.2 Å². The van der Waals surface area contributed by atoms with E-state index in [0.717, 1.165) is 31.0 Å². The van der Waals surface area contributed by atoms with Crippen LogP contribution in [0.4, 0.5) is 0 Å². The number of aromatic amines is 1. The molecule has 0 saturated carbocycles. The Morgan fingerprint density at radius 2 is 2.32 bits per heavy atom. The summed E-state index contributed by atoms with van der Waals surface area (Å²) in [6.45, 7) is 1.56. The van der Waals surface area contributed by atoms with E-state index in [-0.39, 0.29) is 16.8 Å². The first-order chi connectivity index (χ1) is 10.7. The first kappa shape index (κ1) is 13.6. The normalized spacial score (nSPS) is 22.5. The van der Waals surface area contributed by atoms with Crippen LogP contribution in [0, 0.1) is 0 Å². The molecule has 0 aromatic carbocycles. The molecule has 0 radical (unpaired) electrons. The van der Waals surface area contributed by atoms with E-state index in [1.165, 1.54) is 0 Å². The van der Waals surface area contributed by atoms with Crippen molar-refractivity contribution in [3.05, 3.63) is 42.5 Å². The molecule has 2 fully saturated rings. The number of carbonyl (C=O) groups is 1. The van der Waals surface area contributed by atoms with Gasteiger partial charge in [0.1, 0.15) is 17.5 Å². The van der Waals surface area contributed by atoms with Gasteiger partial charge in [-0.3, -0.25) is 14.9 Å². The predicted octanol–water partition coefficient (Wildman–Crippen LogP) is 1.58. The molecule has 0 aliphatic carbocycles. The number of nitrogens with one attached hydrogen (secondary N) is 1. The van der Waals surface area contributed by atoms with Crippen LogP contribution in [-0.2, 0) is 0 Å². The molecule has 2 saturated heterocycles. The first-order valence-electron chi connectivity index (χ1n) is 7.23. The Morgan fingerprint density at radius 1 is 1.41 bits per heavy atom. The molecule has 1 spiro atoms. The van der Waals surface area contributed by atoms with Gasteiger partial charge in [0.05, 0.1) is 10.9 Å². The quantitative estimate of drug-likeness (QED) is 0.931. The van der Waals surface area contributed by atoms with Gasteiger partial charge < -0.3 is 9.64 Å². The predicted molar refractivity (Wildman–Crippen MR) is 83.0 cm³/mol. The molecule has 4 heterocycles. The highest BCUT2D eigenvalue weighted by atomic mass is 32.2. The van der Waals surface area contributed by atoms with E-state index < -0.39 is 0 Å². The summed E-state index contributed by atoms with van der Waals surface area (Å²) in [7, 11) is 0. The molecular weight excluding hydrogens is 300 g/mol. The number of nitrogens with zero attached hydrogens (tertiary/aromatic N) is 3. The van der Waals surface area contributed by atoms with Crippen molar-refractivity contribution < 1.29 is 9.53 Å². The van der Waals surface area contributed by atoms with Crippen molar-refractivity contribution in [1.82, 2.24) is 20.1 Å². The minimum Gasteiger partial charge on any atom is -0.488 e. The van der Waals surface area contributed by atoms with E-state index in [1.807, 2.05) is 28.8 Å². The lowest BCUT2D eigenvalue weighted by molar-refractivity contribution is 0.0512. The number of ether oxygens (including phenoxy) is 1. The number of hydrogen-bond donors (Lipinski definition) is 1. The molecule has 2 aromatic rings. The summed E-state index contributed by atoms with van der Waals surface area (Å²) in [6.07, 6.45) is 6.25. The maximum absolute atomic E-state index is 12.2. The highest BCUT2D eigenvalue weighted by molar-refractivity contribution is 8.01. The fraction of sp³-hybridized carbons (Fsp3) is 0.400. The monoisotopic (exact) mass is 316 g/mol. The minimum absolute atomic E-state index is 0.0281. The summed E-state index contributed by atoms with van der Waals surface area (Å²) in [5.74, 6) is 1.80. The van der Waals surface area contributed by atoms with E-state index in [9.17, 15) is 4.79 Å². The summed E-state index contributed by atoms with van der Waals surface area (Å²) in [6, 6.07) is 5.52. The molecule has 2 aromatic heterocycles. The van der Waals surface area contributed by atoms with Gasteiger partial charge in [-0.2, -0.15) is 5.10 Å². The van der Waals surface area contributed by atoms with E-state index in [0.29, 0.717) is 5.69 Å². The van der Waals surface area contributed by atoms with Crippen molar-refractivity contribution in [3.8, 4) is 5.75 Å². The topological polar surface area (TPSA) is 71.1 Å². The molecule has 22 heavy (non-hydrogen) atoms. The Morgan fingerprint density at radius 3 is 3.05 bits per heavy atom. The third-order valence-electron chi connectivity index (χ3n) is 4.09. The largest absolute Gasteiger partial charge is 0.488 e. The summed E-state index contributed by atoms with van der Waals surface area (Å²) in [5.41, 5.74) is 0.556. The Labute approximate surface area is 132 Å². The Bertz CT molecular complexity index is 655. The molecular formula is C15H16N4O2S. The number of carbonyl (C=O) groups excluding carboxylic acids is 1. The van der Waals surface area contributed by atoms with Crippen molar-refractivity contribution in [3.63, 3.8) is 0 Å². The van der Waals surface area contributed by atoms with Crippen molar-refractivity contribution >= 4 is 17.7 Å². The highest BCUT2D eigenvalue weighted by Crippen LogP contribution is 2.46. The van der Waals surface area contributed by atoms with Gasteiger partial charge in [-0.05, 0) is 18.2 Å². The van der Waals surface area contributed by atoms with Crippen LogP contribution in [-0.4, -0.2) is 55.7 Å². The smallest absolute Gasteiger partial charge is 0.271 e. The van der Waals surface area contributed by atoms with Gasteiger partial charge in [0.25, 0.3) is 5.91 Å². The standard InChI is InChI=1S/C15H16N4O2S/c20-14(13-3-5-17-18-13)19-9-15(10-19)6-12(8-22-15)21-11-2-1-4-16-7-11/h1-5,7,12H,6,8-10H2,(H,17,18)/t12-/m1/s1. The van der Waals surface area contributed by atoms with Crippen LogP contribution in [0.15, 0.2) is 36.8 Å². The molecule has 114 valence electrons. The lowest BCUT2D eigenvalue weighted by Crippen LogP contribution is -2.60. The zero-order valence-corrected chi connectivity index (χ0v) is 12.8. The number of likely N-dealkylation sites (tertiary alicyclic amines) is 1. The van der Waals surface area contributed by atoms with Crippen molar-refractivity contribution in [1.29, 1.82) is 0 Å². The Balaban J connectivity index is 1.33. The molecule has 0 unspecified atom stereocenters. The zero-order chi connectivity index (χ0) is 15.0. The van der Waals surface area contributed by atoms with E-state index in [4.69, 9.17) is 4.74 Å². The first-order valence-corrected chi connectivity index (χ1v) is 8.22. The van der Waals surface area contributed by atoms with Gasteiger partial charge in [-0.1, -0.05) is 0 Å². The Hall–Kier alpha value is -2.02. The fourth-order valence-electron chi connectivity index (χ4n) is 3.05. The van der Waals surface area contributed by atoms with Crippen LogP contribution in [0.1, 0.15) is 16.9 Å². The van der Waals surface area contributed by atoms with Gasteiger partial charge >= 0.3 is 0 Å². The number of amides is 1. The maximum atomic E-state index is 12.2. The maximum Gasteiger partial charge on any atom is 0.271 e. The second kappa shape index (κ2) is 5.31. The lowest BCUT2D eigenvalue weighted by atomic mass is 9.92. The van der Waals surface area contributed by atoms with Crippen molar-refractivity contribution in [2.45, 2.75) is 17.3 Å². The molecule has 6 nitrogen and oxygen atoms in total. The highest BCUT2D eigenvalue weighted by Gasteiger charge is 2.51. The molecule has 4 rings (SSSR count). The summed E-state index contributed by atoms with van der Waals surface area (Å²) in [5, 5.41) is 6.56. The average molecular weight is 316 g/mol. The third-order valence-corrected chi connectivity index (χ3v) is 5.66. The molecule has 2 aliphatic heterocycles. The van der Waals surface area contributed by atoms with Gasteiger partial charge in [0.2, 0.25) is 0 Å². The number of aromatic nitrogens is 3. The molecule has 0 bridgehead atoms. The van der Waals surface area contributed by atoms with Gasteiger partial charge in [-0.15, -0.1) is 11.8 Å². The number of thioether (sulfide) groups is 1. The fourth-order valence-corrected chi connectivity index (χ4v) is 4.57. The molecule has 1 N–H and O–H groups in total. The molecule has 1 amide bonds. The second-order valence-electron chi connectivity index (χ2n) is 5.76. The molecule has 1 atom stereocenters. The number of hydrogen-bond acceptors (Lipinski definition) is 5. The number of rotatable bonds is 3. The van der Waals surface area contributed by atoms with Gasteiger partial charge in [0.15, 0.2) is 0 Å². The number of pyridine rings is 1. The lowest BCUT2D eigenvalue weighted by Gasteiger charge is -2.47. The molecule has 7 heteroatoms. The van der Waals surface area contributed by atoms with Crippen LogP contribution in [0.3, 0.4) is 0 Å². The van der Waals surface area contributed by atoms with Crippen LogP contribution >= 0.6 is 11.8 Å². The van der Waals surface area contributed by atoms with E-state index in [1.54, 1.807) is 24.7 Å². The second-order valence-corrected chi connectivity index (χ2v) is 7.25. The van der Waals surface area contributed by atoms with Crippen LogP contribution < -0.4 is 4.74 Å². The van der Waals surface area contributed by atoms with Crippen molar-refractivity contribution in [2.75, 3.05) is 18.8 Å². The summed E-state index contributed by atoms with van der Waals surface area (Å²) in [4.78, 5) is 18.1. The third kappa shape index (κ3) is 2.45. The summed E-state index contributed by atoms with van der Waals surface area (Å²) < 4.78 is 6.13. The minimum atomic E-state index is 0.0281. The van der Waals surface area contributed by atoms with Crippen LogP contribution in [0.5, 0.6) is 5.75 Å². The summed E-state index contributed by atoms with van der Waals surface area (Å²) >= 11 is 1.91. The van der Waals surface area contributed by atoms with Crippen LogP contribution in [0.2, 0.25) is 0 Å². The van der Waals surface area contributed by atoms with Crippen LogP contribution in [0.25, 0.3) is 0 Å². The molecule has 2 aliphatic rings. The van der Waals surface area contributed by atoms with Gasteiger partial charge in [0, 0.05) is 37.7 Å². The van der Waals surface area contributed by atoms with Crippen molar-refractivity contribution in [2.24, 2.45) is 0 Å². The van der Waals surface area contributed by atoms with Gasteiger partial charge in [-0.25, -0.2) is 0 Å². The zero-order valence-electron chi connectivity index (χ0n) is 11.9. The SMILES string of the molecule is O=C(c1ccn[nH]1)N1CC2(C[C@@H](Oc3cccnc3)CS2)C1. The number of H-pyrrole nitrogens is 1. The average Bonchev–Trinajstić information content (AvgIpc) is 3.16.